The smallest absolute Gasteiger partial charge is 0.248 e. The van der Waals surface area contributed by atoms with Crippen LogP contribution in [0.15, 0.2) is 48.5 Å². The molecule has 0 atom stereocenters. The fraction of sp³-hybridized carbons (Fsp3) is 0. The van der Waals surface area contributed by atoms with Gasteiger partial charge in [0.1, 0.15) is 0 Å². The Kier molecular flexibility index (Phi) is 3.16. The standard InChI is InChI=1S/C16H13N3O2/c17-16(21)11-3-6-14-12(7-11)8-15(19-14)10-1-4-13(5-2-10)18-9-20/h1-9,19H,(H2,17,21)(H,18,20). The van der Waals surface area contributed by atoms with Crippen LogP contribution in [0.25, 0.3) is 22.2 Å². The molecule has 0 aliphatic heterocycles. The number of amides is 2. The second kappa shape index (κ2) is 5.13. The molecule has 1 heterocycles. The number of carbonyl (C=O) groups is 2. The Balaban J connectivity index is 2.00. The first kappa shape index (κ1) is 12.9. The van der Waals surface area contributed by atoms with Gasteiger partial charge in [-0.1, -0.05) is 12.1 Å². The summed E-state index contributed by atoms with van der Waals surface area (Å²) in [5, 5.41) is 3.52. The number of aromatic nitrogens is 1. The Morgan fingerprint density at radius 1 is 1.10 bits per heavy atom. The van der Waals surface area contributed by atoms with Crippen molar-refractivity contribution in [3.05, 3.63) is 54.1 Å². The van der Waals surface area contributed by atoms with E-state index in [1.54, 1.807) is 12.1 Å². The van der Waals surface area contributed by atoms with Crippen LogP contribution in [-0.2, 0) is 4.79 Å². The normalized spacial score (nSPS) is 10.5. The third kappa shape index (κ3) is 2.49. The van der Waals surface area contributed by atoms with Gasteiger partial charge >= 0.3 is 0 Å². The number of hydrogen-bond acceptors (Lipinski definition) is 2. The van der Waals surface area contributed by atoms with E-state index in [4.69, 9.17) is 5.73 Å². The van der Waals surface area contributed by atoms with Crippen LogP contribution in [0.4, 0.5) is 5.69 Å². The molecule has 2 aromatic carbocycles. The monoisotopic (exact) mass is 279 g/mol. The van der Waals surface area contributed by atoms with Crippen LogP contribution >= 0.6 is 0 Å². The second-order valence-electron chi connectivity index (χ2n) is 4.69. The molecule has 1 aromatic heterocycles. The molecule has 5 heteroatoms. The first-order valence-corrected chi connectivity index (χ1v) is 6.40. The van der Waals surface area contributed by atoms with Gasteiger partial charge in [-0.25, -0.2) is 0 Å². The summed E-state index contributed by atoms with van der Waals surface area (Å²) in [5.41, 5.74) is 9.36. The molecule has 0 spiro atoms. The fourth-order valence-corrected chi connectivity index (χ4v) is 2.26. The lowest BCUT2D eigenvalue weighted by molar-refractivity contribution is -0.105. The number of benzene rings is 2. The van der Waals surface area contributed by atoms with Gasteiger partial charge in [0.15, 0.2) is 0 Å². The van der Waals surface area contributed by atoms with Crippen LogP contribution in [0.2, 0.25) is 0 Å². The molecule has 0 unspecified atom stereocenters. The number of hydrogen-bond donors (Lipinski definition) is 3. The first-order chi connectivity index (χ1) is 10.2. The number of carbonyl (C=O) groups excluding carboxylic acids is 2. The van der Waals surface area contributed by atoms with Crippen LogP contribution in [-0.4, -0.2) is 17.3 Å². The molecule has 0 radical (unpaired) electrons. The Labute approximate surface area is 120 Å². The molecular weight excluding hydrogens is 266 g/mol. The van der Waals surface area contributed by atoms with Crippen molar-refractivity contribution in [2.45, 2.75) is 0 Å². The third-order valence-electron chi connectivity index (χ3n) is 3.33. The zero-order chi connectivity index (χ0) is 14.8. The van der Waals surface area contributed by atoms with E-state index >= 15 is 0 Å². The molecule has 104 valence electrons. The number of nitrogens with one attached hydrogen (secondary N) is 2. The molecular formula is C16H13N3O2. The Hall–Kier alpha value is -3.08. The van der Waals surface area contributed by atoms with Gasteiger partial charge in [0.2, 0.25) is 12.3 Å². The van der Waals surface area contributed by atoms with E-state index in [1.165, 1.54) is 0 Å². The summed E-state index contributed by atoms with van der Waals surface area (Å²) in [6.07, 6.45) is 0.642. The van der Waals surface area contributed by atoms with E-state index in [2.05, 4.69) is 10.3 Å². The molecule has 0 fully saturated rings. The third-order valence-corrected chi connectivity index (χ3v) is 3.33. The SMILES string of the molecule is NC(=O)c1ccc2[nH]c(-c3ccc(NC=O)cc3)cc2c1. The number of rotatable bonds is 4. The maximum atomic E-state index is 11.2. The highest BCUT2D eigenvalue weighted by Gasteiger charge is 2.06. The van der Waals surface area contributed by atoms with Crippen LogP contribution in [0.5, 0.6) is 0 Å². The lowest BCUT2D eigenvalue weighted by Crippen LogP contribution is -2.10. The molecule has 0 saturated carbocycles. The van der Waals surface area contributed by atoms with Gasteiger partial charge in [-0.05, 0) is 42.0 Å². The van der Waals surface area contributed by atoms with Crippen LogP contribution in [0, 0.1) is 0 Å². The van der Waals surface area contributed by atoms with Crippen LogP contribution < -0.4 is 11.1 Å². The largest absolute Gasteiger partial charge is 0.366 e. The lowest BCUT2D eigenvalue weighted by Gasteiger charge is -2.00. The molecule has 0 saturated heterocycles. The number of aromatic amines is 1. The van der Waals surface area contributed by atoms with Gasteiger partial charge in [0.05, 0.1) is 0 Å². The van der Waals surface area contributed by atoms with Crippen LogP contribution in [0.3, 0.4) is 0 Å². The minimum Gasteiger partial charge on any atom is -0.366 e. The average Bonchev–Trinajstić information content (AvgIpc) is 2.91. The van der Waals surface area contributed by atoms with Crippen LogP contribution in [0.1, 0.15) is 10.4 Å². The highest BCUT2D eigenvalue weighted by molar-refractivity contribution is 5.98. The lowest BCUT2D eigenvalue weighted by atomic mass is 10.1. The van der Waals surface area contributed by atoms with E-state index in [1.807, 2.05) is 36.4 Å². The molecule has 4 N–H and O–H groups in total. The summed E-state index contributed by atoms with van der Waals surface area (Å²) in [6.45, 7) is 0. The topological polar surface area (TPSA) is 88.0 Å². The molecule has 0 aliphatic carbocycles. The van der Waals surface area contributed by atoms with Crippen molar-refractivity contribution >= 4 is 28.9 Å². The predicted octanol–water partition coefficient (Wildman–Crippen LogP) is 2.50. The minimum atomic E-state index is -0.441. The van der Waals surface area contributed by atoms with E-state index in [9.17, 15) is 9.59 Å². The highest BCUT2D eigenvalue weighted by Crippen LogP contribution is 2.25. The van der Waals surface area contributed by atoms with Crippen molar-refractivity contribution in [2.24, 2.45) is 5.73 Å². The molecule has 0 aliphatic rings. The average molecular weight is 279 g/mol. The maximum Gasteiger partial charge on any atom is 0.248 e. The van der Waals surface area contributed by atoms with Crippen molar-refractivity contribution < 1.29 is 9.59 Å². The second-order valence-corrected chi connectivity index (χ2v) is 4.69. The number of anilines is 1. The Morgan fingerprint density at radius 3 is 2.52 bits per heavy atom. The quantitative estimate of drug-likeness (QED) is 0.641. The predicted molar refractivity (Wildman–Crippen MR) is 81.9 cm³/mol. The molecule has 2 amide bonds. The highest BCUT2D eigenvalue weighted by atomic mass is 16.1. The summed E-state index contributed by atoms with van der Waals surface area (Å²) >= 11 is 0. The van der Waals surface area contributed by atoms with E-state index < -0.39 is 5.91 Å². The summed E-state index contributed by atoms with van der Waals surface area (Å²) in [6, 6.07) is 14.7. The number of primary amides is 1. The number of H-pyrrole nitrogens is 1. The number of fused-ring (bicyclic) bond motifs is 1. The summed E-state index contributed by atoms with van der Waals surface area (Å²) in [5.74, 6) is -0.441. The summed E-state index contributed by atoms with van der Waals surface area (Å²) < 4.78 is 0. The van der Waals surface area contributed by atoms with Gasteiger partial charge in [-0.15, -0.1) is 0 Å². The van der Waals surface area contributed by atoms with Gasteiger partial charge in [-0.3, -0.25) is 9.59 Å². The molecule has 0 bridgehead atoms. The van der Waals surface area contributed by atoms with Crippen molar-refractivity contribution in [1.29, 1.82) is 0 Å². The van der Waals surface area contributed by atoms with Gasteiger partial charge < -0.3 is 16.0 Å². The van der Waals surface area contributed by atoms with Gasteiger partial charge in [0.25, 0.3) is 0 Å². The molecule has 21 heavy (non-hydrogen) atoms. The Morgan fingerprint density at radius 2 is 1.86 bits per heavy atom. The van der Waals surface area contributed by atoms with Crippen molar-refractivity contribution in [1.82, 2.24) is 4.98 Å². The molecule has 3 aromatic rings. The fourth-order valence-electron chi connectivity index (χ4n) is 2.26. The minimum absolute atomic E-state index is 0.441. The van der Waals surface area contributed by atoms with Crippen molar-refractivity contribution in [3.63, 3.8) is 0 Å². The zero-order valence-corrected chi connectivity index (χ0v) is 11.1. The first-order valence-electron chi connectivity index (χ1n) is 6.40. The summed E-state index contributed by atoms with van der Waals surface area (Å²) in [7, 11) is 0. The number of nitrogens with two attached hydrogens (primary N) is 1. The van der Waals surface area contributed by atoms with Gasteiger partial charge in [-0.2, -0.15) is 0 Å². The van der Waals surface area contributed by atoms with Gasteiger partial charge in [0, 0.05) is 27.8 Å². The van der Waals surface area contributed by atoms with E-state index in [0.29, 0.717) is 12.0 Å². The maximum absolute atomic E-state index is 11.2. The van der Waals surface area contributed by atoms with Crippen molar-refractivity contribution in [2.75, 3.05) is 5.32 Å². The van der Waals surface area contributed by atoms with Crippen molar-refractivity contribution in [3.8, 4) is 11.3 Å². The zero-order valence-electron chi connectivity index (χ0n) is 11.1. The van der Waals surface area contributed by atoms with E-state index in [0.717, 1.165) is 27.8 Å². The summed E-state index contributed by atoms with van der Waals surface area (Å²) in [4.78, 5) is 24.9. The Bertz CT molecular complexity index is 819. The molecule has 5 nitrogen and oxygen atoms in total. The van der Waals surface area contributed by atoms with E-state index in [-0.39, 0.29) is 0 Å². The molecule has 3 rings (SSSR count).